The number of benzene rings is 1. The fourth-order valence-electron chi connectivity index (χ4n) is 4.26. The molecule has 7 nitrogen and oxygen atoms in total. The molecule has 1 aromatic carbocycles. The number of hydrogen-bond donors (Lipinski definition) is 2. The minimum absolute atomic E-state index is 0.114. The van der Waals surface area contributed by atoms with Crippen molar-refractivity contribution in [1.29, 1.82) is 0 Å². The molecule has 3 unspecified atom stereocenters. The summed E-state index contributed by atoms with van der Waals surface area (Å²) in [6.45, 7) is 4.93. The molecule has 0 bridgehead atoms. The average molecular weight is 354 g/mol. The Balaban J connectivity index is 1.48. The van der Waals surface area contributed by atoms with E-state index in [2.05, 4.69) is 28.0 Å². The highest BCUT2D eigenvalue weighted by Gasteiger charge is 2.36. The lowest BCUT2D eigenvalue weighted by Crippen LogP contribution is -2.48. The van der Waals surface area contributed by atoms with E-state index in [1.54, 1.807) is 12.7 Å². The summed E-state index contributed by atoms with van der Waals surface area (Å²) in [6.07, 6.45) is 6.70. The van der Waals surface area contributed by atoms with Gasteiger partial charge in [0, 0.05) is 36.9 Å². The van der Waals surface area contributed by atoms with Gasteiger partial charge in [-0.1, -0.05) is 19.4 Å². The molecule has 3 heterocycles. The minimum Gasteiger partial charge on any atom is -0.338 e. The van der Waals surface area contributed by atoms with Crippen molar-refractivity contribution in [2.24, 2.45) is 11.8 Å². The summed E-state index contributed by atoms with van der Waals surface area (Å²) in [6, 6.07) is 8.14. The zero-order valence-corrected chi connectivity index (χ0v) is 15.1. The van der Waals surface area contributed by atoms with Gasteiger partial charge in [0.05, 0.1) is 0 Å². The van der Waals surface area contributed by atoms with Crippen LogP contribution in [-0.4, -0.2) is 51.2 Å². The van der Waals surface area contributed by atoms with Crippen LogP contribution >= 0.6 is 0 Å². The predicted molar refractivity (Wildman–Crippen MR) is 98.7 cm³/mol. The topological polar surface area (TPSA) is 75.1 Å². The summed E-state index contributed by atoms with van der Waals surface area (Å²) in [5.74, 6) is 1.27. The number of carbonyl (C=O) groups excluding carboxylic acids is 1. The van der Waals surface area contributed by atoms with Crippen molar-refractivity contribution in [3.8, 4) is 5.69 Å². The van der Waals surface area contributed by atoms with E-state index in [1.807, 2.05) is 33.7 Å². The Morgan fingerprint density at radius 1 is 1.31 bits per heavy atom. The van der Waals surface area contributed by atoms with Gasteiger partial charge < -0.3 is 4.90 Å². The van der Waals surface area contributed by atoms with Crippen LogP contribution in [0.3, 0.4) is 0 Å². The summed E-state index contributed by atoms with van der Waals surface area (Å²) >= 11 is 0. The number of amides is 1. The lowest BCUT2D eigenvalue weighted by atomic mass is 9.83. The molecule has 3 atom stereocenters. The molecule has 0 radical (unpaired) electrons. The maximum absolute atomic E-state index is 13.1. The van der Waals surface area contributed by atoms with Crippen LogP contribution in [-0.2, 0) is 0 Å². The van der Waals surface area contributed by atoms with E-state index in [4.69, 9.17) is 0 Å². The van der Waals surface area contributed by atoms with Crippen LogP contribution in [0.15, 0.2) is 36.9 Å². The van der Waals surface area contributed by atoms with Gasteiger partial charge in [-0.3, -0.25) is 20.2 Å². The molecular formula is C19H26N6O. The zero-order chi connectivity index (χ0) is 17.9. The second kappa shape index (κ2) is 7.55. The van der Waals surface area contributed by atoms with E-state index < -0.39 is 0 Å². The van der Waals surface area contributed by atoms with Gasteiger partial charge in [0.15, 0.2) is 0 Å². The van der Waals surface area contributed by atoms with Crippen LogP contribution in [0.25, 0.3) is 5.69 Å². The smallest absolute Gasteiger partial charge is 0.253 e. The molecule has 26 heavy (non-hydrogen) atoms. The Kier molecular flexibility index (Phi) is 4.99. The molecule has 4 rings (SSSR count). The molecule has 0 aliphatic carbocycles. The molecule has 1 aromatic heterocycles. The first-order chi connectivity index (χ1) is 12.8. The normalized spacial score (nSPS) is 26.2. The Hall–Kier alpha value is -2.25. The van der Waals surface area contributed by atoms with Gasteiger partial charge in [-0.25, -0.2) is 0 Å². The average Bonchev–Trinajstić information content (AvgIpc) is 3.39. The first kappa shape index (κ1) is 17.2. The number of rotatable bonds is 4. The largest absolute Gasteiger partial charge is 0.338 e. The number of aromatic nitrogens is 3. The molecule has 2 N–H and O–H groups in total. The third-order valence-corrected chi connectivity index (χ3v) is 5.73. The number of carbonyl (C=O) groups is 1. The molecule has 2 aliphatic rings. The maximum atomic E-state index is 13.1. The standard InChI is InChI=1S/C19H26N6O/c1-2-14-10-20-23-18(14)16-6-4-8-24(11-16)19(26)15-5-3-7-17(9-15)25-12-21-22-13-25/h3,5,7,9,12-14,16,18,20,23H,2,4,6,8,10-11H2,1H3. The Morgan fingerprint density at radius 3 is 2.96 bits per heavy atom. The van der Waals surface area contributed by atoms with E-state index in [0.29, 0.717) is 17.9 Å². The Bertz CT molecular complexity index is 746. The van der Waals surface area contributed by atoms with Crippen LogP contribution < -0.4 is 10.9 Å². The molecule has 138 valence electrons. The lowest BCUT2D eigenvalue weighted by molar-refractivity contribution is 0.0634. The fourth-order valence-corrected chi connectivity index (χ4v) is 4.26. The molecule has 2 fully saturated rings. The predicted octanol–water partition coefficient (Wildman–Crippen LogP) is 1.62. The summed E-state index contributed by atoms with van der Waals surface area (Å²) < 4.78 is 1.82. The summed E-state index contributed by atoms with van der Waals surface area (Å²) in [7, 11) is 0. The van der Waals surface area contributed by atoms with E-state index in [-0.39, 0.29) is 5.91 Å². The number of nitrogens with one attached hydrogen (secondary N) is 2. The molecule has 7 heteroatoms. The van der Waals surface area contributed by atoms with Gasteiger partial charge in [0.2, 0.25) is 0 Å². The van der Waals surface area contributed by atoms with Gasteiger partial charge in [0.1, 0.15) is 12.7 Å². The van der Waals surface area contributed by atoms with Crippen molar-refractivity contribution in [2.45, 2.75) is 32.2 Å². The van der Waals surface area contributed by atoms with Crippen molar-refractivity contribution in [2.75, 3.05) is 19.6 Å². The summed E-state index contributed by atoms with van der Waals surface area (Å²) in [4.78, 5) is 15.1. The highest BCUT2D eigenvalue weighted by molar-refractivity contribution is 5.94. The summed E-state index contributed by atoms with van der Waals surface area (Å²) in [5.41, 5.74) is 8.38. The fraction of sp³-hybridized carbons (Fsp3) is 0.526. The third kappa shape index (κ3) is 3.37. The molecule has 0 saturated carbocycles. The Morgan fingerprint density at radius 2 is 2.15 bits per heavy atom. The van der Waals surface area contributed by atoms with Crippen LogP contribution in [0.4, 0.5) is 0 Å². The number of hydrazine groups is 1. The highest BCUT2D eigenvalue weighted by atomic mass is 16.2. The Labute approximate surface area is 153 Å². The van der Waals surface area contributed by atoms with Crippen molar-refractivity contribution < 1.29 is 4.79 Å². The van der Waals surface area contributed by atoms with Gasteiger partial charge >= 0.3 is 0 Å². The van der Waals surface area contributed by atoms with Crippen LogP contribution in [0.1, 0.15) is 36.5 Å². The van der Waals surface area contributed by atoms with Crippen molar-refractivity contribution in [3.63, 3.8) is 0 Å². The minimum atomic E-state index is 0.114. The van der Waals surface area contributed by atoms with Gasteiger partial charge in [-0.05, 0) is 42.9 Å². The van der Waals surface area contributed by atoms with Gasteiger partial charge in [0.25, 0.3) is 5.91 Å². The quantitative estimate of drug-likeness (QED) is 0.873. The molecule has 2 saturated heterocycles. The second-order valence-electron chi connectivity index (χ2n) is 7.29. The van der Waals surface area contributed by atoms with E-state index in [0.717, 1.165) is 43.7 Å². The number of nitrogens with zero attached hydrogens (tertiary/aromatic N) is 4. The van der Waals surface area contributed by atoms with Crippen molar-refractivity contribution in [1.82, 2.24) is 30.5 Å². The van der Waals surface area contributed by atoms with Crippen LogP contribution in [0, 0.1) is 11.8 Å². The molecule has 1 amide bonds. The lowest BCUT2D eigenvalue weighted by Gasteiger charge is -2.37. The highest BCUT2D eigenvalue weighted by Crippen LogP contribution is 2.28. The maximum Gasteiger partial charge on any atom is 0.253 e. The van der Waals surface area contributed by atoms with E-state index in [1.165, 1.54) is 6.42 Å². The summed E-state index contributed by atoms with van der Waals surface area (Å²) in [5, 5.41) is 7.67. The van der Waals surface area contributed by atoms with E-state index in [9.17, 15) is 4.79 Å². The monoisotopic (exact) mass is 354 g/mol. The first-order valence-corrected chi connectivity index (χ1v) is 9.49. The zero-order valence-electron chi connectivity index (χ0n) is 15.1. The first-order valence-electron chi connectivity index (χ1n) is 9.49. The van der Waals surface area contributed by atoms with Crippen LogP contribution in [0.2, 0.25) is 0 Å². The molecule has 2 aromatic rings. The molecular weight excluding hydrogens is 328 g/mol. The second-order valence-corrected chi connectivity index (χ2v) is 7.29. The van der Waals surface area contributed by atoms with Crippen LogP contribution in [0.5, 0.6) is 0 Å². The van der Waals surface area contributed by atoms with Crippen molar-refractivity contribution in [3.05, 3.63) is 42.5 Å². The van der Waals surface area contributed by atoms with Crippen molar-refractivity contribution >= 4 is 5.91 Å². The number of hydrogen-bond acceptors (Lipinski definition) is 5. The number of likely N-dealkylation sites (tertiary alicyclic amines) is 1. The molecule has 0 spiro atoms. The third-order valence-electron chi connectivity index (χ3n) is 5.73. The van der Waals surface area contributed by atoms with Gasteiger partial charge in [-0.2, -0.15) is 0 Å². The SMILES string of the molecule is CCC1CNNC1C1CCCN(C(=O)c2cccc(-n3cnnc3)c2)C1. The molecule has 2 aliphatic heterocycles. The number of piperidine rings is 1. The van der Waals surface area contributed by atoms with Gasteiger partial charge in [-0.15, -0.1) is 10.2 Å². The van der Waals surface area contributed by atoms with E-state index >= 15 is 0 Å².